The minimum absolute atomic E-state index is 0.270. The SMILES string of the molecule is Fc1ccc(OCc2cc(Br)ccn2)cc1. The molecule has 0 bridgehead atoms. The van der Waals surface area contributed by atoms with Crippen molar-refractivity contribution in [3.05, 3.63) is 58.6 Å². The van der Waals surface area contributed by atoms with E-state index in [4.69, 9.17) is 4.74 Å². The molecule has 1 aromatic carbocycles. The maximum atomic E-state index is 12.6. The van der Waals surface area contributed by atoms with Crippen LogP contribution in [0.2, 0.25) is 0 Å². The predicted octanol–water partition coefficient (Wildman–Crippen LogP) is 3.56. The molecule has 0 aliphatic carbocycles. The van der Waals surface area contributed by atoms with E-state index < -0.39 is 0 Å². The molecule has 0 aliphatic heterocycles. The molecule has 1 aromatic heterocycles. The molecule has 0 amide bonds. The highest BCUT2D eigenvalue weighted by atomic mass is 79.9. The average molecular weight is 282 g/mol. The molecule has 0 N–H and O–H groups in total. The van der Waals surface area contributed by atoms with E-state index in [1.807, 2.05) is 12.1 Å². The first kappa shape index (κ1) is 11.1. The van der Waals surface area contributed by atoms with Crippen LogP contribution in [-0.2, 0) is 6.61 Å². The molecule has 0 atom stereocenters. The largest absolute Gasteiger partial charge is 0.487 e. The first-order chi connectivity index (χ1) is 7.74. The Labute approximate surface area is 101 Å². The molecule has 0 unspecified atom stereocenters. The van der Waals surface area contributed by atoms with Crippen molar-refractivity contribution in [2.75, 3.05) is 0 Å². The fourth-order valence-corrected chi connectivity index (χ4v) is 1.60. The van der Waals surface area contributed by atoms with Gasteiger partial charge in [0.2, 0.25) is 0 Å². The van der Waals surface area contributed by atoms with E-state index in [0.717, 1.165) is 10.2 Å². The molecule has 2 aromatic rings. The second kappa shape index (κ2) is 5.07. The summed E-state index contributed by atoms with van der Waals surface area (Å²) in [6.45, 7) is 0.366. The monoisotopic (exact) mass is 281 g/mol. The summed E-state index contributed by atoms with van der Waals surface area (Å²) in [5.74, 6) is 0.358. The van der Waals surface area contributed by atoms with Crippen LogP contribution in [0.25, 0.3) is 0 Å². The Morgan fingerprint density at radius 1 is 1.19 bits per heavy atom. The summed E-state index contributed by atoms with van der Waals surface area (Å²) >= 11 is 3.35. The van der Waals surface area contributed by atoms with Crippen molar-refractivity contribution in [1.82, 2.24) is 4.98 Å². The standard InChI is InChI=1S/C12H9BrFNO/c13-9-5-6-15-11(7-9)8-16-12-3-1-10(14)2-4-12/h1-7H,8H2. The molecule has 2 rings (SSSR count). The number of rotatable bonds is 3. The Morgan fingerprint density at radius 2 is 1.94 bits per heavy atom. The van der Waals surface area contributed by atoms with Crippen LogP contribution in [0.5, 0.6) is 5.75 Å². The van der Waals surface area contributed by atoms with Gasteiger partial charge in [-0.2, -0.15) is 0 Å². The van der Waals surface area contributed by atoms with Crippen LogP contribution in [0.15, 0.2) is 47.1 Å². The Hall–Kier alpha value is -1.42. The van der Waals surface area contributed by atoms with Crippen molar-refractivity contribution in [3.8, 4) is 5.75 Å². The van der Waals surface area contributed by atoms with Crippen molar-refractivity contribution in [2.24, 2.45) is 0 Å². The molecule has 16 heavy (non-hydrogen) atoms. The maximum Gasteiger partial charge on any atom is 0.130 e. The van der Waals surface area contributed by atoms with E-state index in [1.54, 1.807) is 18.3 Å². The number of benzene rings is 1. The van der Waals surface area contributed by atoms with Crippen molar-refractivity contribution in [1.29, 1.82) is 0 Å². The number of hydrogen-bond acceptors (Lipinski definition) is 2. The first-order valence-electron chi connectivity index (χ1n) is 4.73. The van der Waals surface area contributed by atoms with E-state index in [1.165, 1.54) is 12.1 Å². The lowest BCUT2D eigenvalue weighted by atomic mass is 10.3. The van der Waals surface area contributed by atoms with Crippen LogP contribution in [0.3, 0.4) is 0 Å². The van der Waals surface area contributed by atoms with Gasteiger partial charge in [-0.15, -0.1) is 0 Å². The molecule has 1 heterocycles. The van der Waals surface area contributed by atoms with Gasteiger partial charge in [0.1, 0.15) is 18.2 Å². The zero-order valence-electron chi connectivity index (χ0n) is 8.36. The second-order valence-electron chi connectivity index (χ2n) is 3.21. The average Bonchev–Trinajstić information content (AvgIpc) is 2.28. The quantitative estimate of drug-likeness (QED) is 0.858. The maximum absolute atomic E-state index is 12.6. The molecular formula is C12H9BrFNO. The zero-order valence-corrected chi connectivity index (χ0v) is 9.95. The van der Waals surface area contributed by atoms with Gasteiger partial charge >= 0.3 is 0 Å². The Bertz CT molecular complexity index is 473. The van der Waals surface area contributed by atoms with Gasteiger partial charge in [-0.3, -0.25) is 4.98 Å². The van der Waals surface area contributed by atoms with E-state index >= 15 is 0 Å². The summed E-state index contributed by atoms with van der Waals surface area (Å²) in [4.78, 5) is 4.14. The molecule has 0 aliphatic rings. The van der Waals surface area contributed by atoms with Gasteiger partial charge in [0, 0.05) is 10.7 Å². The summed E-state index contributed by atoms with van der Waals surface area (Å²) in [6, 6.07) is 9.64. The van der Waals surface area contributed by atoms with Gasteiger partial charge in [0.25, 0.3) is 0 Å². The van der Waals surface area contributed by atoms with Crippen molar-refractivity contribution < 1.29 is 9.13 Å². The molecule has 0 radical (unpaired) electrons. The molecule has 2 nitrogen and oxygen atoms in total. The van der Waals surface area contributed by atoms with Crippen LogP contribution in [0.1, 0.15) is 5.69 Å². The molecule has 0 spiro atoms. The number of hydrogen-bond donors (Lipinski definition) is 0. The van der Waals surface area contributed by atoms with Gasteiger partial charge in [0.15, 0.2) is 0 Å². The van der Waals surface area contributed by atoms with E-state index in [2.05, 4.69) is 20.9 Å². The van der Waals surface area contributed by atoms with Gasteiger partial charge in [-0.1, -0.05) is 15.9 Å². The zero-order chi connectivity index (χ0) is 11.4. The molecule has 0 saturated carbocycles. The van der Waals surface area contributed by atoms with Gasteiger partial charge in [0.05, 0.1) is 5.69 Å². The fourth-order valence-electron chi connectivity index (χ4n) is 1.22. The Balaban J connectivity index is 1.99. The molecule has 0 fully saturated rings. The normalized spacial score (nSPS) is 10.1. The van der Waals surface area contributed by atoms with E-state index in [-0.39, 0.29) is 5.82 Å². The molecule has 82 valence electrons. The smallest absolute Gasteiger partial charge is 0.130 e. The predicted molar refractivity (Wildman–Crippen MR) is 62.7 cm³/mol. The lowest BCUT2D eigenvalue weighted by molar-refractivity contribution is 0.301. The topological polar surface area (TPSA) is 22.1 Å². The fraction of sp³-hybridized carbons (Fsp3) is 0.0833. The van der Waals surface area contributed by atoms with Crippen LogP contribution in [0.4, 0.5) is 4.39 Å². The second-order valence-corrected chi connectivity index (χ2v) is 4.12. The van der Waals surface area contributed by atoms with Crippen LogP contribution in [-0.4, -0.2) is 4.98 Å². The van der Waals surface area contributed by atoms with Gasteiger partial charge < -0.3 is 4.74 Å². The molecule has 0 saturated heterocycles. The van der Waals surface area contributed by atoms with E-state index in [0.29, 0.717) is 12.4 Å². The first-order valence-corrected chi connectivity index (χ1v) is 5.52. The highest BCUT2D eigenvalue weighted by molar-refractivity contribution is 9.10. The Morgan fingerprint density at radius 3 is 2.62 bits per heavy atom. The highest BCUT2D eigenvalue weighted by Gasteiger charge is 1.98. The van der Waals surface area contributed by atoms with Gasteiger partial charge in [-0.25, -0.2) is 4.39 Å². The minimum Gasteiger partial charge on any atom is -0.487 e. The summed E-state index contributed by atoms with van der Waals surface area (Å²) in [5.41, 5.74) is 0.818. The summed E-state index contributed by atoms with van der Waals surface area (Å²) in [7, 11) is 0. The summed E-state index contributed by atoms with van der Waals surface area (Å²) < 4.78 is 19.0. The number of aromatic nitrogens is 1. The lowest BCUT2D eigenvalue weighted by Gasteiger charge is -2.05. The lowest BCUT2D eigenvalue weighted by Crippen LogP contribution is -1.97. The third-order valence-corrected chi connectivity index (χ3v) is 2.47. The van der Waals surface area contributed by atoms with Gasteiger partial charge in [-0.05, 0) is 36.4 Å². The van der Waals surface area contributed by atoms with Crippen molar-refractivity contribution in [2.45, 2.75) is 6.61 Å². The van der Waals surface area contributed by atoms with Crippen molar-refractivity contribution in [3.63, 3.8) is 0 Å². The minimum atomic E-state index is -0.270. The molecular weight excluding hydrogens is 273 g/mol. The molecule has 4 heteroatoms. The summed E-state index contributed by atoms with van der Waals surface area (Å²) in [6.07, 6.45) is 1.70. The van der Waals surface area contributed by atoms with Crippen molar-refractivity contribution >= 4 is 15.9 Å². The third-order valence-electron chi connectivity index (χ3n) is 1.98. The van der Waals surface area contributed by atoms with Crippen LogP contribution < -0.4 is 4.74 Å². The third kappa shape index (κ3) is 3.03. The summed E-state index contributed by atoms with van der Waals surface area (Å²) in [5, 5.41) is 0. The number of nitrogens with zero attached hydrogens (tertiary/aromatic N) is 1. The van der Waals surface area contributed by atoms with E-state index in [9.17, 15) is 4.39 Å². The highest BCUT2D eigenvalue weighted by Crippen LogP contribution is 2.14. The van der Waals surface area contributed by atoms with Crippen LogP contribution >= 0.6 is 15.9 Å². The number of ether oxygens (including phenoxy) is 1. The number of pyridine rings is 1. The number of halogens is 2. The Kier molecular flexibility index (Phi) is 3.51. The van der Waals surface area contributed by atoms with Crippen LogP contribution in [0, 0.1) is 5.82 Å².